The molecule has 4 nitrogen and oxygen atoms in total. The topological polar surface area (TPSA) is 58.2 Å². The van der Waals surface area contributed by atoms with Gasteiger partial charge in [-0.15, -0.1) is 11.8 Å². The van der Waals surface area contributed by atoms with Crippen molar-refractivity contribution in [2.45, 2.75) is 10.1 Å². The van der Waals surface area contributed by atoms with E-state index >= 15 is 0 Å². The fourth-order valence-corrected chi connectivity index (χ4v) is 5.21. The molecule has 0 aromatic heterocycles. The Kier molecular flexibility index (Phi) is 8.83. The number of halogens is 4. The van der Waals surface area contributed by atoms with Crippen molar-refractivity contribution in [1.82, 2.24) is 0 Å². The molecule has 0 fully saturated rings. The van der Waals surface area contributed by atoms with Crippen molar-refractivity contribution in [3.8, 4) is 0 Å². The van der Waals surface area contributed by atoms with Crippen molar-refractivity contribution in [3.05, 3.63) is 122 Å². The Balaban J connectivity index is 1.55. The van der Waals surface area contributed by atoms with Crippen LogP contribution < -0.4 is 10.6 Å². The lowest BCUT2D eigenvalue weighted by atomic mass is 10.1. The van der Waals surface area contributed by atoms with E-state index in [0.29, 0.717) is 32.0 Å². The summed E-state index contributed by atoms with van der Waals surface area (Å²) < 4.78 is 0. The maximum absolute atomic E-state index is 13.3. The van der Waals surface area contributed by atoms with Gasteiger partial charge in [0.05, 0.1) is 20.6 Å². The van der Waals surface area contributed by atoms with Gasteiger partial charge in [-0.05, 0) is 60.2 Å². The van der Waals surface area contributed by atoms with Crippen molar-refractivity contribution in [1.29, 1.82) is 0 Å². The Morgan fingerprint density at radius 1 is 0.667 bits per heavy atom. The predicted octanol–water partition coefficient (Wildman–Crippen LogP) is 9.02. The average Bonchev–Trinajstić information content (AvgIpc) is 2.85. The van der Waals surface area contributed by atoms with E-state index in [2.05, 4.69) is 10.6 Å². The van der Waals surface area contributed by atoms with Gasteiger partial charge in [-0.1, -0.05) is 82.8 Å². The number of hydrogen-bond donors (Lipinski definition) is 2. The minimum absolute atomic E-state index is 0.230. The molecule has 2 amide bonds. The lowest BCUT2D eigenvalue weighted by molar-refractivity contribution is -0.115. The molecule has 1 unspecified atom stereocenters. The number of nitrogens with one attached hydrogen (secondary N) is 2. The highest BCUT2D eigenvalue weighted by Gasteiger charge is 2.23. The molecule has 1 atom stereocenters. The Morgan fingerprint density at radius 2 is 1.42 bits per heavy atom. The molecule has 4 aromatic carbocycles. The third-order valence-corrected chi connectivity index (χ3v) is 7.58. The van der Waals surface area contributed by atoms with Crippen molar-refractivity contribution in [2.24, 2.45) is 0 Å². The van der Waals surface area contributed by atoms with Gasteiger partial charge in [0, 0.05) is 21.3 Å². The SMILES string of the molecule is O=C(Nc1cccc(SC(C(=O)Nc2ccc(Cl)c(Cl)c2)c2ccccc2)c1)c1ccc(Cl)cc1Cl. The molecule has 0 aliphatic carbocycles. The van der Waals surface area contributed by atoms with Crippen LogP contribution in [0.5, 0.6) is 0 Å². The van der Waals surface area contributed by atoms with Gasteiger partial charge in [-0.3, -0.25) is 9.59 Å². The van der Waals surface area contributed by atoms with Gasteiger partial charge in [0.25, 0.3) is 5.91 Å². The van der Waals surface area contributed by atoms with Crippen molar-refractivity contribution in [2.75, 3.05) is 10.6 Å². The lowest BCUT2D eigenvalue weighted by Gasteiger charge is -2.18. The number of benzene rings is 4. The standard InChI is InChI=1S/C27H18Cl4N2O2S/c28-17-9-11-21(23(30)13-17)26(34)32-18-7-4-8-20(14-18)36-25(16-5-2-1-3-6-16)27(35)33-19-10-12-22(29)24(31)15-19/h1-15,25H,(H,32,34)(H,33,35). The normalized spacial score (nSPS) is 11.6. The number of carbonyl (C=O) groups excluding carboxylic acids is 2. The van der Waals surface area contributed by atoms with Crippen molar-refractivity contribution in [3.63, 3.8) is 0 Å². The van der Waals surface area contributed by atoms with E-state index in [4.69, 9.17) is 46.4 Å². The van der Waals surface area contributed by atoms with Crippen LogP contribution in [0.4, 0.5) is 11.4 Å². The Labute approximate surface area is 232 Å². The van der Waals surface area contributed by atoms with Crippen LogP contribution in [0.25, 0.3) is 0 Å². The molecule has 0 aliphatic rings. The molecule has 2 N–H and O–H groups in total. The van der Waals surface area contributed by atoms with E-state index in [1.807, 2.05) is 36.4 Å². The minimum Gasteiger partial charge on any atom is -0.325 e. The third-order valence-electron chi connectivity index (χ3n) is 5.05. The van der Waals surface area contributed by atoms with Gasteiger partial charge >= 0.3 is 0 Å². The van der Waals surface area contributed by atoms with Crippen LogP contribution in [0.15, 0.2) is 95.9 Å². The molecule has 36 heavy (non-hydrogen) atoms. The molecule has 9 heteroatoms. The summed E-state index contributed by atoms with van der Waals surface area (Å²) in [4.78, 5) is 26.8. The Hall–Kier alpha value is -2.67. The van der Waals surface area contributed by atoms with E-state index in [1.165, 1.54) is 17.8 Å². The molecule has 0 bridgehead atoms. The second-order valence-electron chi connectivity index (χ2n) is 7.63. The monoisotopic (exact) mass is 574 g/mol. The van der Waals surface area contributed by atoms with Crippen LogP contribution in [-0.4, -0.2) is 11.8 Å². The molecule has 0 radical (unpaired) electrons. The van der Waals surface area contributed by atoms with Crippen molar-refractivity contribution >= 4 is 81.4 Å². The zero-order valence-corrected chi connectivity index (χ0v) is 22.3. The van der Waals surface area contributed by atoms with Gasteiger partial charge in [0.2, 0.25) is 5.91 Å². The third kappa shape index (κ3) is 6.75. The van der Waals surface area contributed by atoms with Crippen LogP contribution >= 0.6 is 58.2 Å². The van der Waals surface area contributed by atoms with Gasteiger partial charge in [-0.2, -0.15) is 0 Å². The number of rotatable bonds is 7. The molecule has 0 spiro atoms. The first-order chi connectivity index (χ1) is 17.3. The molecule has 0 saturated heterocycles. The van der Waals surface area contributed by atoms with Gasteiger partial charge in [0.1, 0.15) is 5.25 Å². The van der Waals surface area contributed by atoms with Crippen LogP contribution in [-0.2, 0) is 4.79 Å². The highest BCUT2D eigenvalue weighted by Crippen LogP contribution is 2.37. The zero-order valence-electron chi connectivity index (χ0n) is 18.5. The summed E-state index contributed by atoms with van der Waals surface area (Å²) in [5.41, 5.74) is 2.23. The predicted molar refractivity (Wildman–Crippen MR) is 151 cm³/mol. The number of anilines is 2. The molecule has 0 aliphatic heterocycles. The first kappa shape index (κ1) is 26.4. The molecular formula is C27H18Cl4N2O2S. The van der Waals surface area contributed by atoms with Gasteiger partial charge in [0.15, 0.2) is 0 Å². The number of hydrogen-bond acceptors (Lipinski definition) is 3. The zero-order chi connectivity index (χ0) is 25.7. The van der Waals surface area contributed by atoms with E-state index in [-0.39, 0.29) is 16.8 Å². The largest absolute Gasteiger partial charge is 0.325 e. The summed E-state index contributed by atoms with van der Waals surface area (Å²) >= 11 is 25.6. The molecule has 182 valence electrons. The summed E-state index contributed by atoms with van der Waals surface area (Å²) in [6.07, 6.45) is 0. The highest BCUT2D eigenvalue weighted by atomic mass is 35.5. The second kappa shape index (κ2) is 12.0. The molecule has 4 aromatic rings. The minimum atomic E-state index is -0.572. The molecular weight excluding hydrogens is 558 g/mol. The summed E-state index contributed by atoms with van der Waals surface area (Å²) in [6, 6.07) is 26.3. The summed E-state index contributed by atoms with van der Waals surface area (Å²) in [6.45, 7) is 0. The molecule has 0 saturated carbocycles. The fraction of sp³-hybridized carbons (Fsp3) is 0.0370. The average molecular weight is 576 g/mol. The quantitative estimate of drug-likeness (QED) is 0.216. The lowest BCUT2D eigenvalue weighted by Crippen LogP contribution is -2.19. The summed E-state index contributed by atoms with van der Waals surface area (Å²) in [5, 5.41) is 6.64. The van der Waals surface area contributed by atoms with E-state index in [1.54, 1.807) is 48.5 Å². The van der Waals surface area contributed by atoms with E-state index < -0.39 is 5.25 Å². The highest BCUT2D eigenvalue weighted by molar-refractivity contribution is 8.00. The van der Waals surface area contributed by atoms with E-state index in [0.717, 1.165) is 10.5 Å². The van der Waals surface area contributed by atoms with E-state index in [9.17, 15) is 9.59 Å². The van der Waals surface area contributed by atoms with Crippen LogP contribution in [0.1, 0.15) is 21.2 Å². The first-order valence-electron chi connectivity index (χ1n) is 10.6. The van der Waals surface area contributed by atoms with Crippen LogP contribution in [0, 0.1) is 0 Å². The van der Waals surface area contributed by atoms with Gasteiger partial charge < -0.3 is 10.6 Å². The van der Waals surface area contributed by atoms with Gasteiger partial charge in [-0.25, -0.2) is 0 Å². The summed E-state index contributed by atoms with van der Waals surface area (Å²) in [7, 11) is 0. The second-order valence-corrected chi connectivity index (χ2v) is 10.5. The maximum atomic E-state index is 13.3. The molecule has 4 rings (SSSR count). The van der Waals surface area contributed by atoms with Crippen LogP contribution in [0.2, 0.25) is 20.1 Å². The smallest absolute Gasteiger partial charge is 0.257 e. The Morgan fingerprint density at radius 3 is 2.14 bits per heavy atom. The van der Waals surface area contributed by atoms with Crippen LogP contribution in [0.3, 0.4) is 0 Å². The molecule has 0 heterocycles. The number of carbonyl (C=O) groups is 2. The summed E-state index contributed by atoms with van der Waals surface area (Å²) in [5.74, 6) is -0.595. The van der Waals surface area contributed by atoms with Crippen molar-refractivity contribution < 1.29 is 9.59 Å². The number of amides is 2. The maximum Gasteiger partial charge on any atom is 0.257 e. The Bertz CT molecular complexity index is 1420. The fourth-order valence-electron chi connectivity index (χ4n) is 3.34. The number of thioether (sulfide) groups is 1. The first-order valence-corrected chi connectivity index (χ1v) is 13.0.